The highest BCUT2D eigenvalue weighted by molar-refractivity contribution is 5.73. The van der Waals surface area contributed by atoms with Crippen molar-refractivity contribution in [2.24, 2.45) is 5.92 Å². The van der Waals surface area contributed by atoms with E-state index in [-0.39, 0.29) is 5.97 Å². The summed E-state index contributed by atoms with van der Waals surface area (Å²) in [5.41, 5.74) is 4.31. The second-order valence-electron chi connectivity index (χ2n) is 8.52. The van der Waals surface area contributed by atoms with Crippen LogP contribution in [0.5, 0.6) is 5.75 Å². The molecule has 3 aromatic rings. The van der Waals surface area contributed by atoms with Crippen LogP contribution in [0, 0.1) is 5.92 Å². The Labute approximate surface area is 192 Å². The van der Waals surface area contributed by atoms with Gasteiger partial charge in [0.05, 0.1) is 0 Å². The van der Waals surface area contributed by atoms with E-state index in [0.717, 1.165) is 35.4 Å². The topological polar surface area (TPSA) is 52.1 Å². The van der Waals surface area contributed by atoms with Gasteiger partial charge in [-0.2, -0.15) is 0 Å². The molecule has 0 spiro atoms. The Hall–Kier alpha value is -3.01. The van der Waals surface area contributed by atoms with E-state index >= 15 is 0 Å². The minimum Gasteiger partial charge on any atom is -0.427 e. The molecule has 0 aliphatic carbocycles. The Morgan fingerprint density at radius 1 is 0.844 bits per heavy atom. The lowest BCUT2D eigenvalue weighted by Crippen LogP contribution is -2.11. The highest BCUT2D eigenvalue weighted by atomic mass is 16.5. The summed E-state index contributed by atoms with van der Waals surface area (Å²) in [6.07, 6.45) is 11.3. The van der Waals surface area contributed by atoms with Gasteiger partial charge in [0.25, 0.3) is 0 Å². The molecule has 0 radical (unpaired) electrons. The first-order chi connectivity index (χ1) is 15.6. The fraction of sp³-hybridized carbons (Fsp3) is 0.393. The third-order valence-electron chi connectivity index (χ3n) is 5.81. The van der Waals surface area contributed by atoms with Crippen LogP contribution < -0.4 is 4.74 Å². The van der Waals surface area contributed by atoms with E-state index in [0.29, 0.717) is 18.1 Å². The first-order valence-corrected chi connectivity index (χ1v) is 11.8. The fourth-order valence-electron chi connectivity index (χ4n) is 3.52. The normalized spacial score (nSPS) is 11.8. The second-order valence-corrected chi connectivity index (χ2v) is 8.52. The van der Waals surface area contributed by atoms with E-state index in [2.05, 4.69) is 55.0 Å². The van der Waals surface area contributed by atoms with Gasteiger partial charge in [0.1, 0.15) is 5.75 Å². The summed E-state index contributed by atoms with van der Waals surface area (Å²) in [7, 11) is 0. The number of carbonyl (C=O) groups is 1. The molecular weight excluding hydrogens is 396 g/mol. The minimum atomic E-state index is -0.188. The number of esters is 1. The number of hydrogen-bond acceptors (Lipinski definition) is 4. The molecule has 1 aromatic heterocycles. The molecule has 0 saturated heterocycles. The molecule has 4 heteroatoms. The Morgan fingerprint density at radius 3 is 2.12 bits per heavy atom. The lowest BCUT2D eigenvalue weighted by Gasteiger charge is -2.09. The zero-order valence-corrected chi connectivity index (χ0v) is 19.5. The van der Waals surface area contributed by atoms with Crippen LogP contribution >= 0.6 is 0 Å². The summed E-state index contributed by atoms with van der Waals surface area (Å²) in [6.45, 7) is 6.36. The van der Waals surface area contributed by atoms with Crippen LogP contribution in [0.3, 0.4) is 0 Å². The Balaban J connectivity index is 1.58. The predicted octanol–water partition coefficient (Wildman–Crippen LogP) is 7.28. The van der Waals surface area contributed by atoms with Gasteiger partial charge in [0.2, 0.25) is 0 Å². The Bertz CT molecular complexity index is 964. The van der Waals surface area contributed by atoms with Gasteiger partial charge in [-0.05, 0) is 42.0 Å². The molecule has 0 unspecified atom stereocenters. The first-order valence-electron chi connectivity index (χ1n) is 11.8. The predicted molar refractivity (Wildman–Crippen MR) is 130 cm³/mol. The van der Waals surface area contributed by atoms with Crippen molar-refractivity contribution in [3.63, 3.8) is 0 Å². The van der Waals surface area contributed by atoms with E-state index in [4.69, 9.17) is 4.74 Å². The van der Waals surface area contributed by atoms with Crippen molar-refractivity contribution < 1.29 is 9.53 Å². The summed E-state index contributed by atoms with van der Waals surface area (Å²) in [5, 5.41) is 0. The average molecular weight is 431 g/mol. The van der Waals surface area contributed by atoms with Crippen molar-refractivity contribution in [1.29, 1.82) is 0 Å². The van der Waals surface area contributed by atoms with Crippen LogP contribution in [0.1, 0.15) is 64.9 Å². The zero-order chi connectivity index (χ0) is 22.8. The fourth-order valence-corrected chi connectivity index (χ4v) is 3.52. The molecule has 0 aliphatic heterocycles. The summed E-state index contributed by atoms with van der Waals surface area (Å²) >= 11 is 0. The van der Waals surface area contributed by atoms with Crippen LogP contribution in [0.15, 0.2) is 60.9 Å². The van der Waals surface area contributed by atoms with Crippen molar-refractivity contribution in [2.45, 2.75) is 65.7 Å². The first kappa shape index (κ1) is 23.6. The second kappa shape index (κ2) is 12.1. The number of carbonyl (C=O) groups excluding carboxylic acids is 1. The third-order valence-corrected chi connectivity index (χ3v) is 5.81. The molecule has 1 atom stereocenters. The summed E-state index contributed by atoms with van der Waals surface area (Å²) in [6, 6.07) is 16.1. The lowest BCUT2D eigenvalue weighted by atomic mass is 10.0. The van der Waals surface area contributed by atoms with E-state index in [1.54, 1.807) is 0 Å². The molecule has 4 nitrogen and oxygen atoms in total. The molecule has 2 aromatic carbocycles. The largest absolute Gasteiger partial charge is 0.427 e. The highest BCUT2D eigenvalue weighted by Gasteiger charge is 2.10. The number of aromatic nitrogens is 2. The van der Waals surface area contributed by atoms with Crippen molar-refractivity contribution in [3.05, 3.63) is 66.5 Å². The van der Waals surface area contributed by atoms with Gasteiger partial charge in [0.15, 0.2) is 5.82 Å². The number of rotatable bonds is 11. The minimum absolute atomic E-state index is 0.188. The third kappa shape index (κ3) is 7.01. The molecule has 0 aliphatic rings. The summed E-state index contributed by atoms with van der Waals surface area (Å²) in [5.74, 6) is 1.43. The van der Waals surface area contributed by atoms with Crippen LogP contribution in [-0.4, -0.2) is 15.9 Å². The number of hydrogen-bond donors (Lipinski definition) is 0. The molecule has 0 N–H and O–H groups in total. The standard InChI is InChI=1S/C28H34N2O2/c1-4-6-7-8-9-22-10-12-24(13-11-22)28-29-19-25(20-30-28)23-14-16-26(17-15-23)32-27(31)18-21(3)5-2/h10-17,19-21H,4-9,18H2,1-3H3/t21-/m0/s1. The highest BCUT2D eigenvalue weighted by Crippen LogP contribution is 2.24. The molecule has 0 fully saturated rings. The lowest BCUT2D eigenvalue weighted by molar-refractivity contribution is -0.135. The van der Waals surface area contributed by atoms with Gasteiger partial charge in [-0.25, -0.2) is 9.97 Å². The van der Waals surface area contributed by atoms with Gasteiger partial charge < -0.3 is 4.74 Å². The van der Waals surface area contributed by atoms with Crippen LogP contribution in [0.25, 0.3) is 22.5 Å². The molecular formula is C28H34N2O2. The molecule has 0 bridgehead atoms. The van der Waals surface area contributed by atoms with Gasteiger partial charge in [-0.1, -0.05) is 82.9 Å². The molecule has 0 amide bonds. The average Bonchev–Trinajstić information content (AvgIpc) is 2.83. The Kier molecular flexibility index (Phi) is 8.97. The molecule has 168 valence electrons. The van der Waals surface area contributed by atoms with E-state index in [1.807, 2.05) is 36.7 Å². The summed E-state index contributed by atoms with van der Waals surface area (Å²) in [4.78, 5) is 21.1. The van der Waals surface area contributed by atoms with Crippen LogP contribution in [0.4, 0.5) is 0 Å². The SMILES string of the molecule is CCCCCCc1ccc(-c2ncc(-c3ccc(OC(=O)C[C@@H](C)CC)cc3)cn2)cc1. The van der Waals surface area contributed by atoms with E-state index in [9.17, 15) is 4.79 Å². The smallest absolute Gasteiger partial charge is 0.311 e. The summed E-state index contributed by atoms with van der Waals surface area (Å²) < 4.78 is 5.43. The zero-order valence-electron chi connectivity index (χ0n) is 19.5. The number of unbranched alkanes of at least 4 members (excludes halogenated alkanes) is 3. The van der Waals surface area contributed by atoms with E-state index < -0.39 is 0 Å². The van der Waals surface area contributed by atoms with Gasteiger partial charge in [0, 0.05) is 29.9 Å². The van der Waals surface area contributed by atoms with Crippen molar-refractivity contribution in [1.82, 2.24) is 9.97 Å². The monoisotopic (exact) mass is 430 g/mol. The molecule has 0 saturated carbocycles. The van der Waals surface area contributed by atoms with Gasteiger partial charge in [-0.15, -0.1) is 0 Å². The maximum atomic E-state index is 12.0. The number of benzene rings is 2. The quantitative estimate of drug-likeness (QED) is 0.182. The van der Waals surface area contributed by atoms with Crippen molar-refractivity contribution >= 4 is 5.97 Å². The maximum absolute atomic E-state index is 12.0. The van der Waals surface area contributed by atoms with Crippen LogP contribution in [0.2, 0.25) is 0 Å². The Morgan fingerprint density at radius 2 is 1.50 bits per heavy atom. The van der Waals surface area contributed by atoms with E-state index in [1.165, 1.54) is 31.2 Å². The number of ether oxygens (including phenoxy) is 1. The van der Waals surface area contributed by atoms with Gasteiger partial charge in [-0.3, -0.25) is 4.79 Å². The number of nitrogens with zero attached hydrogens (tertiary/aromatic N) is 2. The van der Waals surface area contributed by atoms with Crippen LogP contribution in [-0.2, 0) is 11.2 Å². The number of aryl methyl sites for hydroxylation is 1. The van der Waals surface area contributed by atoms with Crippen molar-refractivity contribution in [3.8, 4) is 28.3 Å². The van der Waals surface area contributed by atoms with Gasteiger partial charge >= 0.3 is 5.97 Å². The maximum Gasteiger partial charge on any atom is 0.311 e. The van der Waals surface area contributed by atoms with Crippen molar-refractivity contribution in [2.75, 3.05) is 0 Å². The molecule has 32 heavy (non-hydrogen) atoms. The molecule has 1 heterocycles. The molecule has 3 rings (SSSR count).